The van der Waals surface area contributed by atoms with Crippen LogP contribution in [0.3, 0.4) is 0 Å². The van der Waals surface area contributed by atoms with E-state index < -0.39 is 0 Å². The first-order valence-electron chi connectivity index (χ1n) is 11.9. The lowest BCUT2D eigenvalue weighted by molar-refractivity contribution is -0.122. The number of hydrogen-bond donors (Lipinski definition) is 3. The van der Waals surface area contributed by atoms with Gasteiger partial charge in [-0.1, -0.05) is 11.6 Å². The van der Waals surface area contributed by atoms with Crippen LogP contribution in [0.5, 0.6) is 0 Å². The van der Waals surface area contributed by atoms with E-state index in [1.807, 2.05) is 19.9 Å². The number of carbonyl (C=O) groups excluding carboxylic acids is 1. The van der Waals surface area contributed by atoms with E-state index in [1.54, 1.807) is 17.8 Å². The van der Waals surface area contributed by atoms with Gasteiger partial charge in [0.2, 0.25) is 0 Å². The van der Waals surface area contributed by atoms with Crippen LogP contribution in [0.4, 0.5) is 5.69 Å². The Morgan fingerprint density at radius 1 is 1.23 bits per heavy atom. The SMILES string of the molecule is CCN(c1cc(Cl)cc(C(=O)NCc2c(C)n(C)[nH]c2=O)c1C)[C@H]1CC[C@H](N(C)C)CC1.O=CO. The number of aromatic nitrogens is 2. The zero-order valence-electron chi connectivity index (χ0n) is 21.5. The first kappa shape index (κ1) is 28.5. The molecule has 1 aromatic heterocycles. The Balaban J connectivity index is 0.00000137. The predicted octanol–water partition coefficient (Wildman–Crippen LogP) is 3.31. The third-order valence-corrected chi connectivity index (χ3v) is 7.20. The number of nitrogens with zero attached hydrogens (tertiary/aromatic N) is 3. The van der Waals surface area contributed by atoms with Crippen molar-refractivity contribution in [2.24, 2.45) is 7.05 Å². The molecule has 194 valence electrons. The van der Waals surface area contributed by atoms with Gasteiger partial charge >= 0.3 is 0 Å². The molecule has 9 nitrogen and oxygen atoms in total. The number of anilines is 1. The maximum Gasteiger partial charge on any atom is 0.290 e. The molecule has 0 radical (unpaired) electrons. The highest BCUT2D eigenvalue weighted by atomic mass is 35.5. The van der Waals surface area contributed by atoms with E-state index in [4.69, 9.17) is 21.5 Å². The summed E-state index contributed by atoms with van der Waals surface area (Å²) < 4.78 is 1.66. The number of benzene rings is 1. The quantitative estimate of drug-likeness (QED) is 0.496. The summed E-state index contributed by atoms with van der Waals surface area (Å²) in [4.78, 5) is 38.2. The molecule has 1 saturated carbocycles. The highest BCUT2D eigenvalue weighted by molar-refractivity contribution is 6.31. The predicted molar refractivity (Wildman–Crippen MR) is 140 cm³/mol. The second kappa shape index (κ2) is 12.8. The molecule has 3 N–H and O–H groups in total. The average molecular weight is 508 g/mol. The second-order valence-corrected chi connectivity index (χ2v) is 9.60. The summed E-state index contributed by atoms with van der Waals surface area (Å²) in [6, 6.07) is 4.77. The minimum Gasteiger partial charge on any atom is -0.483 e. The van der Waals surface area contributed by atoms with E-state index in [0.29, 0.717) is 28.2 Å². The molecule has 0 aliphatic heterocycles. The van der Waals surface area contributed by atoms with E-state index in [0.717, 1.165) is 36.3 Å². The van der Waals surface area contributed by atoms with Gasteiger partial charge in [-0.05, 0) is 78.2 Å². The molecule has 1 aliphatic carbocycles. The molecular weight excluding hydrogens is 470 g/mol. The number of carboxylic acid groups (broad SMARTS) is 1. The number of amides is 1. The van der Waals surface area contributed by atoms with Gasteiger partial charge in [0.25, 0.3) is 17.9 Å². The van der Waals surface area contributed by atoms with Crippen molar-refractivity contribution in [1.29, 1.82) is 0 Å². The fourth-order valence-corrected chi connectivity index (χ4v) is 5.07. The molecule has 1 fully saturated rings. The number of carbonyl (C=O) groups is 2. The Hall–Kier alpha value is -2.78. The van der Waals surface area contributed by atoms with E-state index in [-0.39, 0.29) is 24.5 Å². The molecule has 1 amide bonds. The van der Waals surface area contributed by atoms with Gasteiger partial charge in [-0.25, -0.2) is 0 Å². The van der Waals surface area contributed by atoms with Crippen molar-refractivity contribution in [2.45, 2.75) is 65.1 Å². The molecule has 1 aliphatic rings. The number of aromatic amines is 1. The van der Waals surface area contributed by atoms with Gasteiger partial charge in [0.15, 0.2) is 0 Å². The molecule has 0 bridgehead atoms. The summed E-state index contributed by atoms with van der Waals surface area (Å²) in [5, 5.41) is 13.1. The summed E-state index contributed by atoms with van der Waals surface area (Å²) in [5.41, 5.74) is 3.68. The third-order valence-electron chi connectivity index (χ3n) is 6.99. The molecular formula is C25H38ClN5O4. The van der Waals surface area contributed by atoms with Crippen LogP contribution in [-0.2, 0) is 18.4 Å². The minimum absolute atomic E-state index is 0.175. The Morgan fingerprint density at radius 2 is 1.80 bits per heavy atom. The first-order chi connectivity index (χ1) is 16.5. The Morgan fingerprint density at radius 3 is 2.29 bits per heavy atom. The lowest BCUT2D eigenvalue weighted by Crippen LogP contribution is -2.42. The Bertz CT molecular complexity index is 1070. The van der Waals surface area contributed by atoms with Gasteiger partial charge < -0.3 is 20.2 Å². The van der Waals surface area contributed by atoms with Crippen molar-refractivity contribution < 1.29 is 14.7 Å². The van der Waals surface area contributed by atoms with Gasteiger partial charge in [0.05, 0.1) is 12.1 Å². The Labute approximate surface area is 212 Å². The van der Waals surface area contributed by atoms with Crippen LogP contribution in [0.15, 0.2) is 16.9 Å². The highest BCUT2D eigenvalue weighted by Crippen LogP contribution is 2.34. The summed E-state index contributed by atoms with van der Waals surface area (Å²) in [6.07, 6.45) is 4.60. The second-order valence-electron chi connectivity index (χ2n) is 9.16. The van der Waals surface area contributed by atoms with Gasteiger partial charge in [-0.2, -0.15) is 0 Å². The largest absolute Gasteiger partial charge is 0.483 e. The summed E-state index contributed by atoms with van der Waals surface area (Å²) in [6.45, 7) is 6.77. The molecule has 3 rings (SSSR count). The maximum atomic E-state index is 13.1. The van der Waals surface area contributed by atoms with Crippen molar-refractivity contribution in [1.82, 2.24) is 20.0 Å². The number of aryl methyl sites for hydroxylation is 1. The van der Waals surface area contributed by atoms with Crippen LogP contribution < -0.4 is 15.8 Å². The number of hydrogen-bond acceptors (Lipinski definition) is 5. The van der Waals surface area contributed by atoms with Crippen LogP contribution in [0.2, 0.25) is 5.02 Å². The fourth-order valence-electron chi connectivity index (χ4n) is 4.85. The van der Waals surface area contributed by atoms with Crippen LogP contribution >= 0.6 is 11.6 Å². The van der Waals surface area contributed by atoms with Crippen molar-refractivity contribution >= 4 is 29.7 Å². The lowest BCUT2D eigenvalue weighted by atomic mass is 9.89. The molecule has 0 atom stereocenters. The molecule has 35 heavy (non-hydrogen) atoms. The number of halogens is 1. The van der Waals surface area contributed by atoms with Crippen molar-refractivity contribution in [3.63, 3.8) is 0 Å². The normalized spacial score (nSPS) is 17.5. The number of H-pyrrole nitrogens is 1. The van der Waals surface area contributed by atoms with Crippen LogP contribution in [0.1, 0.15) is 59.8 Å². The smallest absolute Gasteiger partial charge is 0.290 e. The van der Waals surface area contributed by atoms with E-state index in [2.05, 4.69) is 41.2 Å². The zero-order valence-corrected chi connectivity index (χ0v) is 22.3. The van der Waals surface area contributed by atoms with E-state index in [1.165, 1.54) is 12.8 Å². The monoisotopic (exact) mass is 507 g/mol. The minimum atomic E-state index is -0.250. The summed E-state index contributed by atoms with van der Waals surface area (Å²) in [5.74, 6) is -0.221. The first-order valence-corrected chi connectivity index (χ1v) is 12.3. The molecule has 1 aromatic carbocycles. The van der Waals surface area contributed by atoms with E-state index >= 15 is 0 Å². The van der Waals surface area contributed by atoms with Crippen LogP contribution in [0, 0.1) is 13.8 Å². The average Bonchev–Trinajstić information content (AvgIpc) is 3.06. The van der Waals surface area contributed by atoms with Crippen LogP contribution in [-0.4, -0.2) is 64.9 Å². The number of nitrogens with one attached hydrogen (secondary N) is 2. The molecule has 2 aromatic rings. The zero-order chi connectivity index (χ0) is 26.3. The highest BCUT2D eigenvalue weighted by Gasteiger charge is 2.28. The van der Waals surface area contributed by atoms with Crippen LogP contribution in [0.25, 0.3) is 0 Å². The standard InChI is InChI=1S/C24H36ClN5O2.CH2O2/c1-7-30(19-10-8-18(9-11-19)28(4)5)22-13-17(25)12-20(15(22)2)23(31)26-14-21-16(3)29(6)27-24(21)32;2-1-3/h12-13,18-19H,7-11,14H2,1-6H3,(H,26,31)(H,27,32);1H,(H,2,3)/t18-,19-;. The lowest BCUT2D eigenvalue weighted by Gasteiger charge is -2.40. The molecule has 0 spiro atoms. The summed E-state index contributed by atoms with van der Waals surface area (Å²) in [7, 11) is 6.08. The number of rotatable bonds is 7. The van der Waals surface area contributed by atoms with Crippen molar-refractivity contribution in [2.75, 3.05) is 25.5 Å². The third kappa shape index (κ3) is 6.89. The molecule has 0 saturated heterocycles. The van der Waals surface area contributed by atoms with Gasteiger partial charge in [0.1, 0.15) is 0 Å². The fraction of sp³-hybridized carbons (Fsp3) is 0.560. The molecule has 0 unspecified atom stereocenters. The van der Waals surface area contributed by atoms with Gasteiger partial charge in [0, 0.05) is 47.6 Å². The Kier molecular flexibility index (Phi) is 10.4. The van der Waals surface area contributed by atoms with Crippen molar-refractivity contribution in [3.8, 4) is 0 Å². The van der Waals surface area contributed by atoms with Crippen molar-refractivity contribution in [3.05, 3.63) is 49.9 Å². The van der Waals surface area contributed by atoms with E-state index in [9.17, 15) is 9.59 Å². The van der Waals surface area contributed by atoms with Gasteiger partial charge in [-0.3, -0.25) is 24.2 Å². The van der Waals surface area contributed by atoms with Gasteiger partial charge in [-0.15, -0.1) is 0 Å². The maximum absolute atomic E-state index is 13.1. The molecule has 10 heteroatoms. The summed E-state index contributed by atoms with van der Waals surface area (Å²) >= 11 is 6.47. The molecule has 1 heterocycles. The topological polar surface area (TPSA) is 111 Å².